The van der Waals surface area contributed by atoms with E-state index in [2.05, 4.69) is 65.0 Å². The first-order valence-corrected chi connectivity index (χ1v) is 16.0. The lowest BCUT2D eigenvalue weighted by atomic mass is 9.44. The Balaban J connectivity index is 1.27. The summed E-state index contributed by atoms with van der Waals surface area (Å²) in [7, 11) is 0. The monoisotopic (exact) mass is 498 g/mol. The van der Waals surface area contributed by atoms with E-state index in [0.29, 0.717) is 11.3 Å². The highest BCUT2D eigenvalue weighted by Crippen LogP contribution is 2.69. The second-order valence-electron chi connectivity index (χ2n) is 14.1. The van der Waals surface area contributed by atoms with E-state index >= 15 is 4.39 Å². The largest absolute Gasteiger partial charge is 0.246 e. The Hall–Kier alpha value is -0.500. The SMILES string of the molecule is CC(C)CCC[C@@H](C)[C@H]1CC[C@H]2[C@@H]3CC[C@H]4C[C@H](Sc5ccccc5)[C@@H](F)C[C@]4(C)[C@H]3CC[C@]12C. The molecule has 1 aromatic carbocycles. The van der Waals surface area contributed by atoms with Crippen molar-refractivity contribution in [3.8, 4) is 0 Å². The van der Waals surface area contributed by atoms with Gasteiger partial charge in [0.2, 0.25) is 0 Å². The maximum atomic E-state index is 15.8. The topological polar surface area (TPSA) is 0 Å². The minimum absolute atomic E-state index is 0.142. The number of halogens is 1. The van der Waals surface area contributed by atoms with Gasteiger partial charge in [-0.1, -0.05) is 72.1 Å². The predicted octanol–water partition coefficient (Wildman–Crippen LogP) is 10.2. The van der Waals surface area contributed by atoms with Gasteiger partial charge in [-0.25, -0.2) is 4.39 Å². The van der Waals surface area contributed by atoms with E-state index in [1.807, 2.05) is 11.8 Å². The van der Waals surface area contributed by atoms with Crippen LogP contribution in [0.2, 0.25) is 0 Å². The molecule has 0 saturated heterocycles. The van der Waals surface area contributed by atoms with E-state index in [4.69, 9.17) is 0 Å². The van der Waals surface area contributed by atoms with Crippen LogP contribution in [0.3, 0.4) is 0 Å². The molecule has 35 heavy (non-hydrogen) atoms. The Bertz CT molecular complexity index is 837. The molecule has 2 heteroatoms. The van der Waals surface area contributed by atoms with E-state index in [0.717, 1.165) is 48.3 Å². The van der Waals surface area contributed by atoms with Gasteiger partial charge in [0.1, 0.15) is 6.17 Å². The molecule has 0 radical (unpaired) electrons. The van der Waals surface area contributed by atoms with Gasteiger partial charge in [-0.2, -0.15) is 0 Å². The van der Waals surface area contributed by atoms with Crippen molar-refractivity contribution in [2.45, 2.75) is 122 Å². The Morgan fingerprint density at radius 2 is 1.66 bits per heavy atom. The summed E-state index contributed by atoms with van der Waals surface area (Å²) in [5.41, 5.74) is 0.759. The summed E-state index contributed by atoms with van der Waals surface area (Å²) in [4.78, 5) is 1.24. The maximum Gasteiger partial charge on any atom is 0.113 e. The zero-order valence-electron chi connectivity index (χ0n) is 23.1. The minimum atomic E-state index is -0.661. The van der Waals surface area contributed by atoms with Crippen LogP contribution < -0.4 is 0 Å². The summed E-state index contributed by atoms with van der Waals surface area (Å²) >= 11 is 1.81. The third-order valence-electron chi connectivity index (χ3n) is 11.9. The standard InChI is InChI=1S/C33H51FS/c1-22(2)10-9-11-23(3)27-16-17-28-26-15-14-24-20-31(35-25-12-7-6-8-13-25)30(34)21-33(24,5)29(26)18-19-32(27,28)4/h6-8,12-13,22-24,26-31H,9-11,14-21H2,1-5H3/t23-,24+,26+,27-,28+,29+,30+,31+,32-,33+/m1/s1. The van der Waals surface area contributed by atoms with E-state index < -0.39 is 6.17 Å². The third-order valence-corrected chi connectivity index (χ3v) is 13.2. The van der Waals surface area contributed by atoms with Crippen molar-refractivity contribution in [2.24, 2.45) is 52.3 Å². The fraction of sp³-hybridized carbons (Fsp3) is 0.818. The van der Waals surface area contributed by atoms with Crippen LogP contribution in [0.15, 0.2) is 35.2 Å². The van der Waals surface area contributed by atoms with Gasteiger partial charge < -0.3 is 0 Å². The number of hydrogen-bond donors (Lipinski definition) is 0. The van der Waals surface area contributed by atoms with E-state index in [-0.39, 0.29) is 10.7 Å². The molecule has 0 nitrogen and oxygen atoms in total. The summed E-state index contributed by atoms with van der Waals surface area (Å²) in [6.07, 6.45) is 13.9. The Kier molecular flexibility index (Phi) is 7.72. The van der Waals surface area contributed by atoms with Crippen molar-refractivity contribution in [1.29, 1.82) is 0 Å². The number of benzene rings is 1. The van der Waals surface area contributed by atoms with Crippen LogP contribution in [0.25, 0.3) is 0 Å². The quantitative estimate of drug-likeness (QED) is 0.360. The highest BCUT2D eigenvalue weighted by atomic mass is 32.2. The zero-order chi connectivity index (χ0) is 24.8. The molecule has 0 amide bonds. The molecule has 4 aliphatic rings. The maximum absolute atomic E-state index is 15.8. The molecule has 1 aromatic rings. The van der Waals surface area contributed by atoms with E-state index in [9.17, 15) is 0 Å². The van der Waals surface area contributed by atoms with Crippen LogP contribution >= 0.6 is 11.8 Å². The van der Waals surface area contributed by atoms with Crippen molar-refractivity contribution in [1.82, 2.24) is 0 Å². The summed E-state index contributed by atoms with van der Waals surface area (Å²) in [5, 5.41) is 0.142. The number of thioether (sulfide) groups is 1. The lowest BCUT2D eigenvalue weighted by Crippen LogP contribution is -2.55. The molecule has 196 valence electrons. The molecule has 0 heterocycles. The number of rotatable bonds is 7. The van der Waals surface area contributed by atoms with Crippen molar-refractivity contribution < 1.29 is 4.39 Å². The van der Waals surface area contributed by atoms with Crippen molar-refractivity contribution in [3.63, 3.8) is 0 Å². The highest BCUT2D eigenvalue weighted by Gasteiger charge is 2.61. The van der Waals surface area contributed by atoms with Gasteiger partial charge in [0, 0.05) is 10.1 Å². The summed E-state index contributed by atoms with van der Waals surface area (Å²) < 4.78 is 15.8. The van der Waals surface area contributed by atoms with Gasteiger partial charge in [-0.15, -0.1) is 11.8 Å². The molecule has 0 unspecified atom stereocenters. The zero-order valence-corrected chi connectivity index (χ0v) is 24.0. The molecule has 4 saturated carbocycles. The molecule has 4 fully saturated rings. The van der Waals surface area contributed by atoms with Crippen molar-refractivity contribution in [3.05, 3.63) is 30.3 Å². The van der Waals surface area contributed by atoms with Gasteiger partial charge >= 0.3 is 0 Å². The van der Waals surface area contributed by atoms with E-state index in [1.54, 1.807) is 0 Å². The Morgan fingerprint density at radius 1 is 0.914 bits per heavy atom. The van der Waals surface area contributed by atoms with Crippen molar-refractivity contribution >= 4 is 11.8 Å². The highest BCUT2D eigenvalue weighted by molar-refractivity contribution is 8.00. The molecule has 0 aromatic heterocycles. The first-order chi connectivity index (χ1) is 16.7. The molecule has 0 bridgehead atoms. The van der Waals surface area contributed by atoms with Crippen LogP contribution in [0, 0.1) is 52.3 Å². The molecule has 0 N–H and O–H groups in total. The van der Waals surface area contributed by atoms with E-state index in [1.165, 1.54) is 62.7 Å². The smallest absolute Gasteiger partial charge is 0.113 e. The minimum Gasteiger partial charge on any atom is -0.246 e. The van der Waals surface area contributed by atoms with Gasteiger partial charge in [-0.05, 0) is 116 Å². The number of hydrogen-bond acceptors (Lipinski definition) is 1. The number of alkyl halides is 1. The second kappa shape index (κ2) is 10.3. The van der Waals surface area contributed by atoms with Crippen molar-refractivity contribution in [2.75, 3.05) is 0 Å². The van der Waals surface area contributed by atoms with Crippen LogP contribution in [0.5, 0.6) is 0 Å². The van der Waals surface area contributed by atoms with Crippen LogP contribution in [0.4, 0.5) is 4.39 Å². The predicted molar refractivity (Wildman–Crippen MR) is 149 cm³/mol. The lowest BCUT2D eigenvalue weighted by molar-refractivity contribution is -0.123. The molecule has 0 aliphatic heterocycles. The Morgan fingerprint density at radius 3 is 2.40 bits per heavy atom. The lowest BCUT2D eigenvalue weighted by Gasteiger charge is -2.61. The number of fused-ring (bicyclic) bond motifs is 5. The average molecular weight is 499 g/mol. The fourth-order valence-electron chi connectivity index (χ4n) is 10.0. The first kappa shape index (κ1) is 26.1. The molecule has 10 atom stereocenters. The summed E-state index contributed by atoms with van der Waals surface area (Å²) in [6.45, 7) is 12.5. The Labute approximate surface area is 220 Å². The molecule has 4 aliphatic carbocycles. The molecule has 0 spiro atoms. The normalized spacial score (nSPS) is 43.9. The van der Waals surface area contributed by atoms with Gasteiger partial charge in [0.25, 0.3) is 0 Å². The molecular weight excluding hydrogens is 447 g/mol. The van der Waals surface area contributed by atoms with Gasteiger partial charge in [0.05, 0.1) is 0 Å². The van der Waals surface area contributed by atoms with Crippen LogP contribution in [-0.2, 0) is 0 Å². The summed E-state index contributed by atoms with van der Waals surface area (Å²) in [5.74, 6) is 5.84. The van der Waals surface area contributed by atoms with Gasteiger partial charge in [-0.3, -0.25) is 0 Å². The molecular formula is C33H51FS. The average Bonchev–Trinajstić information content (AvgIpc) is 3.17. The first-order valence-electron chi connectivity index (χ1n) is 15.1. The van der Waals surface area contributed by atoms with Gasteiger partial charge in [0.15, 0.2) is 0 Å². The second-order valence-corrected chi connectivity index (χ2v) is 15.4. The van der Waals surface area contributed by atoms with Crippen LogP contribution in [-0.4, -0.2) is 11.4 Å². The molecule has 5 rings (SSSR count). The summed E-state index contributed by atoms with van der Waals surface area (Å²) in [6, 6.07) is 10.6. The van der Waals surface area contributed by atoms with Crippen LogP contribution in [0.1, 0.15) is 105 Å². The fourth-order valence-corrected chi connectivity index (χ4v) is 11.3. The third kappa shape index (κ3) is 4.88.